The van der Waals surface area contributed by atoms with Crippen molar-refractivity contribution in [3.05, 3.63) is 189 Å². The van der Waals surface area contributed by atoms with Crippen LogP contribution in [0.25, 0.3) is 22.3 Å². The molecule has 5 aliphatic heterocycles. The predicted molar refractivity (Wildman–Crippen MR) is 226 cm³/mol. The van der Waals surface area contributed by atoms with E-state index >= 15 is 0 Å². The third kappa shape index (κ3) is 8.32. The van der Waals surface area contributed by atoms with Gasteiger partial charge in [-0.2, -0.15) is 52.7 Å². The minimum absolute atomic E-state index is 0.0405. The van der Waals surface area contributed by atoms with Crippen molar-refractivity contribution in [2.75, 3.05) is 0 Å². The van der Waals surface area contributed by atoms with Gasteiger partial charge >= 0.3 is 24.7 Å². The van der Waals surface area contributed by atoms with Crippen molar-refractivity contribution in [1.82, 2.24) is 0 Å². The fraction of sp³-hybridized carbons (Fsp3) is 0.0833. The number of hydrogen-bond donors (Lipinski definition) is 4. The first-order valence-electron chi connectivity index (χ1n) is 19.5. The molecule has 0 radical (unpaired) electrons. The number of hydrogen-bond acceptors (Lipinski definition) is 8. The van der Waals surface area contributed by atoms with Gasteiger partial charge in [-0.1, -0.05) is 24.3 Å². The molecule has 8 nitrogen and oxygen atoms in total. The number of aromatic hydroxyl groups is 4. The first-order chi connectivity index (χ1) is 31.8. The SMILES string of the molecule is Oc1ccc(C2=CC3=CC4=NC(=CC5=NC(=CC6=NC(=C(c7ccc(O)c(C(F)(F)F)c7)C2=N3)C(c2ccc(O)c(C(F)(F)F)c2)=C6c2ccc(O)c(C(F)(F)F)c2)C=C5)C=C4)cc1C(F)(F)F. The number of nitrogens with zero attached hydrogens (tertiary/aromatic N) is 4. The summed E-state index contributed by atoms with van der Waals surface area (Å²) >= 11 is 0. The van der Waals surface area contributed by atoms with Gasteiger partial charge in [0.2, 0.25) is 0 Å². The molecule has 8 bridgehead atoms. The number of rotatable bonds is 4. The molecule has 0 saturated carbocycles. The van der Waals surface area contributed by atoms with E-state index in [4.69, 9.17) is 4.99 Å². The van der Waals surface area contributed by atoms with Crippen molar-refractivity contribution in [2.24, 2.45) is 20.0 Å². The maximum atomic E-state index is 14.7. The second-order valence-electron chi connectivity index (χ2n) is 15.4. The zero-order valence-electron chi connectivity index (χ0n) is 33.7. The second kappa shape index (κ2) is 15.7. The van der Waals surface area contributed by atoms with Gasteiger partial charge in [0.15, 0.2) is 0 Å². The maximum absolute atomic E-state index is 14.7. The van der Waals surface area contributed by atoms with Crippen LogP contribution < -0.4 is 0 Å². The predicted octanol–water partition coefficient (Wildman–Crippen LogP) is 12.6. The zero-order chi connectivity index (χ0) is 48.8. The third-order valence-corrected chi connectivity index (χ3v) is 10.9. The normalized spacial score (nSPS) is 17.2. The summed E-state index contributed by atoms with van der Waals surface area (Å²) in [6.07, 6.45) is -9.69. The van der Waals surface area contributed by atoms with E-state index in [1.807, 2.05) is 0 Å². The number of alkyl halides is 12. The third-order valence-electron chi connectivity index (χ3n) is 10.9. The van der Waals surface area contributed by atoms with Crippen LogP contribution in [0.15, 0.2) is 164 Å². The fourth-order valence-corrected chi connectivity index (χ4v) is 7.89. The standard InChI is InChI=1S/C48H24F12N4O4/c49-45(50,51)31-13-21(1-9-36(31)65)30-19-29-18-27-6-5-25(61-27)17-26-7-8-28(62-26)20-35-40(22-2-10-37(66)32(14-22)46(52,53)54)41(23-3-11-38(67)33(15-23)47(55,56)57)44(64-35)42(43(30)63-29)24-4-12-39(68)34(16-24)48(58,59)60/h1-20,65-68H. The van der Waals surface area contributed by atoms with Crippen LogP contribution >= 0.6 is 0 Å². The molecule has 9 rings (SSSR count). The zero-order valence-corrected chi connectivity index (χ0v) is 33.7. The molecule has 5 heterocycles. The Morgan fingerprint density at radius 3 is 1.19 bits per heavy atom. The van der Waals surface area contributed by atoms with Crippen molar-refractivity contribution in [3.63, 3.8) is 0 Å². The molecule has 5 aliphatic rings. The minimum atomic E-state index is -5.30. The highest BCUT2D eigenvalue weighted by Gasteiger charge is 2.41. The Kier molecular flexibility index (Phi) is 10.4. The van der Waals surface area contributed by atoms with Gasteiger partial charge in [0.05, 0.1) is 67.9 Å². The summed E-state index contributed by atoms with van der Waals surface area (Å²) in [5.74, 6) is -5.08. The lowest BCUT2D eigenvalue weighted by Crippen LogP contribution is -2.11. The van der Waals surface area contributed by atoms with Crippen LogP contribution in [-0.2, 0) is 24.7 Å². The number of phenolic OH excluding ortho intramolecular Hbond substituents is 4. The highest BCUT2D eigenvalue weighted by molar-refractivity contribution is 6.50. The van der Waals surface area contributed by atoms with Crippen molar-refractivity contribution >= 4 is 45.1 Å². The molecule has 4 aromatic rings. The van der Waals surface area contributed by atoms with E-state index < -0.39 is 115 Å². The van der Waals surface area contributed by atoms with E-state index in [9.17, 15) is 73.1 Å². The molecular weight excluding hydrogens is 925 g/mol. The van der Waals surface area contributed by atoms with E-state index in [1.54, 1.807) is 6.08 Å². The van der Waals surface area contributed by atoms with Crippen LogP contribution in [0, 0.1) is 0 Å². The first-order valence-corrected chi connectivity index (χ1v) is 19.5. The monoisotopic (exact) mass is 948 g/mol. The molecule has 0 unspecified atom stereocenters. The minimum Gasteiger partial charge on any atom is -0.507 e. The summed E-state index contributed by atoms with van der Waals surface area (Å²) in [6, 6.07) is 8.16. The van der Waals surface area contributed by atoms with Gasteiger partial charge in [0.1, 0.15) is 23.0 Å². The molecule has 0 aromatic heterocycles. The molecule has 0 aliphatic carbocycles. The molecule has 344 valence electrons. The van der Waals surface area contributed by atoms with Crippen molar-refractivity contribution < 1.29 is 73.1 Å². The quantitative estimate of drug-likeness (QED) is 0.152. The van der Waals surface area contributed by atoms with E-state index in [0.29, 0.717) is 54.2 Å². The largest absolute Gasteiger partial charge is 0.507 e. The van der Waals surface area contributed by atoms with Crippen LogP contribution in [0.3, 0.4) is 0 Å². The van der Waals surface area contributed by atoms with E-state index in [-0.39, 0.29) is 39.7 Å². The highest BCUT2D eigenvalue weighted by Crippen LogP contribution is 2.51. The van der Waals surface area contributed by atoms with Crippen molar-refractivity contribution in [1.29, 1.82) is 0 Å². The van der Waals surface area contributed by atoms with E-state index in [0.717, 1.165) is 24.3 Å². The Balaban J connectivity index is 1.50. The lowest BCUT2D eigenvalue weighted by atomic mass is 9.84. The summed E-state index contributed by atoms with van der Waals surface area (Å²) in [5.41, 5.74) is -11.1. The van der Waals surface area contributed by atoms with Gasteiger partial charge in [-0.3, -0.25) is 0 Å². The molecule has 0 fully saturated rings. The van der Waals surface area contributed by atoms with Crippen molar-refractivity contribution in [2.45, 2.75) is 24.7 Å². The average Bonchev–Trinajstić information content (AvgIpc) is 4.05. The number of aliphatic imine (C=N–C) groups is 4. The number of halogens is 12. The Morgan fingerprint density at radius 1 is 0.353 bits per heavy atom. The lowest BCUT2D eigenvalue weighted by Gasteiger charge is -2.20. The summed E-state index contributed by atoms with van der Waals surface area (Å²) in [6.45, 7) is 0. The topological polar surface area (TPSA) is 130 Å². The maximum Gasteiger partial charge on any atom is 0.419 e. The van der Waals surface area contributed by atoms with E-state index in [1.165, 1.54) is 42.5 Å². The molecule has 0 spiro atoms. The van der Waals surface area contributed by atoms with Crippen LogP contribution in [0.2, 0.25) is 0 Å². The number of fused-ring (bicyclic) bond motifs is 4. The second-order valence-corrected chi connectivity index (χ2v) is 15.4. The van der Waals surface area contributed by atoms with E-state index in [2.05, 4.69) is 15.0 Å². The molecule has 0 saturated heterocycles. The van der Waals surface area contributed by atoms with Crippen molar-refractivity contribution in [3.8, 4) is 23.0 Å². The molecule has 20 heteroatoms. The van der Waals surface area contributed by atoms with Crippen LogP contribution in [0.1, 0.15) is 44.5 Å². The molecular formula is C48H24F12N4O4. The summed E-state index contributed by atoms with van der Waals surface area (Å²) in [4.78, 5) is 18.4. The Morgan fingerprint density at radius 2 is 0.735 bits per heavy atom. The van der Waals surface area contributed by atoms with Gasteiger partial charge in [-0.15, -0.1) is 0 Å². The van der Waals surface area contributed by atoms with Gasteiger partial charge in [-0.05, 0) is 119 Å². The molecule has 68 heavy (non-hydrogen) atoms. The fourth-order valence-electron chi connectivity index (χ4n) is 7.89. The van der Waals surface area contributed by atoms with Crippen LogP contribution in [-0.4, -0.2) is 43.3 Å². The summed E-state index contributed by atoms with van der Waals surface area (Å²) in [5, 5.41) is 41.6. The van der Waals surface area contributed by atoms with Crippen LogP contribution in [0.5, 0.6) is 23.0 Å². The Bertz CT molecular complexity index is 3310. The number of benzene rings is 4. The van der Waals surface area contributed by atoms with Gasteiger partial charge in [0, 0.05) is 22.3 Å². The summed E-state index contributed by atoms with van der Waals surface area (Å²) in [7, 11) is 0. The first kappa shape index (κ1) is 45.0. The summed E-state index contributed by atoms with van der Waals surface area (Å²) < 4.78 is 175. The molecule has 0 amide bonds. The smallest absolute Gasteiger partial charge is 0.419 e. The number of allylic oxidation sites excluding steroid dienone is 12. The lowest BCUT2D eigenvalue weighted by molar-refractivity contribution is -0.139. The van der Waals surface area contributed by atoms with Gasteiger partial charge < -0.3 is 20.4 Å². The molecule has 4 N–H and O–H groups in total. The van der Waals surface area contributed by atoms with Crippen LogP contribution in [0.4, 0.5) is 52.7 Å². The molecule has 4 aromatic carbocycles. The number of phenols is 4. The Hall–Kier alpha value is -8.16. The molecule has 0 atom stereocenters. The average molecular weight is 949 g/mol. The van der Waals surface area contributed by atoms with Gasteiger partial charge in [-0.25, -0.2) is 20.0 Å². The highest BCUT2D eigenvalue weighted by atomic mass is 19.4. The van der Waals surface area contributed by atoms with Gasteiger partial charge in [0.25, 0.3) is 0 Å². The Labute approximate surface area is 374 Å².